The first kappa shape index (κ1) is 10.3. The lowest BCUT2D eigenvalue weighted by molar-refractivity contribution is 0.602. The number of rotatable bonds is 4. The second-order valence-electron chi connectivity index (χ2n) is 4.02. The molecule has 1 saturated carbocycles. The Morgan fingerprint density at radius 1 is 1.60 bits per heavy atom. The van der Waals surface area contributed by atoms with E-state index in [9.17, 15) is 0 Å². The molecule has 1 aliphatic rings. The summed E-state index contributed by atoms with van der Waals surface area (Å²) in [7, 11) is 1.85. The summed E-state index contributed by atoms with van der Waals surface area (Å²) in [5, 5.41) is 17.3. The highest BCUT2D eigenvalue weighted by molar-refractivity contribution is 7.99. The number of thioether (sulfide) groups is 1. The van der Waals surface area contributed by atoms with Gasteiger partial charge in [-0.2, -0.15) is 5.26 Å². The van der Waals surface area contributed by atoms with E-state index >= 15 is 0 Å². The molecular formula is C9H13N5S. The van der Waals surface area contributed by atoms with Crippen LogP contribution in [0.1, 0.15) is 19.3 Å². The van der Waals surface area contributed by atoms with E-state index in [-0.39, 0.29) is 5.41 Å². The summed E-state index contributed by atoms with van der Waals surface area (Å²) in [5.41, 5.74) is 5.81. The number of anilines is 1. The van der Waals surface area contributed by atoms with E-state index < -0.39 is 0 Å². The standard InChI is InChI=1S/C9H13N5S/c1-14-7(11)12-13-8(14)15-6-9(2-3-9)4-5-10/h2-4,6H2,1H3,(H2,11,12). The van der Waals surface area contributed by atoms with E-state index in [0.29, 0.717) is 12.4 Å². The van der Waals surface area contributed by atoms with Gasteiger partial charge in [-0.3, -0.25) is 4.57 Å². The zero-order valence-electron chi connectivity index (χ0n) is 8.60. The molecule has 0 aromatic carbocycles. The van der Waals surface area contributed by atoms with Crippen LogP contribution in [0.25, 0.3) is 0 Å². The van der Waals surface area contributed by atoms with Crippen LogP contribution in [0.4, 0.5) is 5.95 Å². The molecule has 1 fully saturated rings. The summed E-state index contributed by atoms with van der Waals surface area (Å²) in [6, 6.07) is 2.25. The van der Waals surface area contributed by atoms with Crippen molar-refractivity contribution in [1.29, 1.82) is 5.26 Å². The molecule has 1 aromatic heterocycles. The highest BCUT2D eigenvalue weighted by Crippen LogP contribution is 2.51. The minimum Gasteiger partial charge on any atom is -0.368 e. The minimum atomic E-state index is 0.236. The molecule has 6 heteroatoms. The number of nitriles is 1. The monoisotopic (exact) mass is 223 g/mol. The van der Waals surface area contributed by atoms with Crippen LogP contribution in [-0.4, -0.2) is 20.5 Å². The Bertz CT molecular complexity index is 401. The summed E-state index contributed by atoms with van der Waals surface area (Å²) in [6.45, 7) is 0. The Kier molecular flexibility index (Phi) is 2.57. The average molecular weight is 223 g/mol. The molecule has 0 atom stereocenters. The first-order valence-corrected chi connectivity index (χ1v) is 5.80. The maximum absolute atomic E-state index is 8.69. The van der Waals surface area contributed by atoms with Crippen molar-refractivity contribution in [2.45, 2.75) is 24.4 Å². The van der Waals surface area contributed by atoms with Crippen LogP contribution in [0.3, 0.4) is 0 Å². The van der Waals surface area contributed by atoms with Crippen molar-refractivity contribution in [3.8, 4) is 6.07 Å². The molecule has 0 spiro atoms. The van der Waals surface area contributed by atoms with Gasteiger partial charge < -0.3 is 5.73 Å². The van der Waals surface area contributed by atoms with Crippen LogP contribution in [0.2, 0.25) is 0 Å². The lowest BCUT2D eigenvalue weighted by atomic mass is 10.1. The van der Waals surface area contributed by atoms with E-state index in [1.807, 2.05) is 7.05 Å². The zero-order chi connectivity index (χ0) is 10.9. The van der Waals surface area contributed by atoms with Crippen molar-refractivity contribution < 1.29 is 0 Å². The predicted molar refractivity (Wildman–Crippen MR) is 58.0 cm³/mol. The van der Waals surface area contributed by atoms with Gasteiger partial charge in [0, 0.05) is 19.2 Å². The molecule has 1 aromatic rings. The van der Waals surface area contributed by atoms with Gasteiger partial charge in [-0.25, -0.2) is 0 Å². The van der Waals surface area contributed by atoms with Crippen molar-refractivity contribution >= 4 is 17.7 Å². The Morgan fingerprint density at radius 3 is 2.80 bits per heavy atom. The Labute approximate surface area is 92.7 Å². The van der Waals surface area contributed by atoms with Gasteiger partial charge in [0.15, 0.2) is 5.16 Å². The molecule has 2 N–H and O–H groups in total. The van der Waals surface area contributed by atoms with Gasteiger partial charge in [0.05, 0.1) is 6.07 Å². The smallest absolute Gasteiger partial charge is 0.222 e. The van der Waals surface area contributed by atoms with Gasteiger partial charge in [0.2, 0.25) is 5.95 Å². The van der Waals surface area contributed by atoms with Crippen molar-refractivity contribution in [3.63, 3.8) is 0 Å². The normalized spacial score (nSPS) is 17.3. The van der Waals surface area contributed by atoms with Crippen LogP contribution in [-0.2, 0) is 7.05 Å². The zero-order valence-corrected chi connectivity index (χ0v) is 9.42. The molecule has 0 amide bonds. The van der Waals surface area contributed by atoms with E-state index in [4.69, 9.17) is 11.0 Å². The summed E-state index contributed by atoms with van der Waals surface area (Å²) in [4.78, 5) is 0. The maximum Gasteiger partial charge on any atom is 0.222 e. The molecule has 1 heterocycles. The predicted octanol–water partition coefficient (Wildman–Crippen LogP) is 1.18. The van der Waals surface area contributed by atoms with E-state index in [1.54, 1.807) is 16.3 Å². The fourth-order valence-corrected chi connectivity index (χ4v) is 2.60. The Morgan fingerprint density at radius 2 is 2.33 bits per heavy atom. The molecule has 0 unspecified atom stereocenters. The largest absolute Gasteiger partial charge is 0.368 e. The van der Waals surface area contributed by atoms with Gasteiger partial charge in [0.1, 0.15) is 0 Å². The third-order valence-electron chi connectivity index (χ3n) is 2.79. The molecular weight excluding hydrogens is 210 g/mol. The molecule has 15 heavy (non-hydrogen) atoms. The number of hydrogen-bond acceptors (Lipinski definition) is 5. The molecule has 0 bridgehead atoms. The van der Waals surface area contributed by atoms with Gasteiger partial charge in [-0.05, 0) is 18.3 Å². The van der Waals surface area contributed by atoms with E-state index in [2.05, 4.69) is 16.3 Å². The van der Waals surface area contributed by atoms with Gasteiger partial charge in [0.25, 0.3) is 0 Å². The van der Waals surface area contributed by atoms with Crippen molar-refractivity contribution in [1.82, 2.24) is 14.8 Å². The van der Waals surface area contributed by atoms with Crippen molar-refractivity contribution in [2.24, 2.45) is 12.5 Å². The molecule has 1 aliphatic carbocycles. The van der Waals surface area contributed by atoms with Crippen molar-refractivity contribution in [3.05, 3.63) is 0 Å². The summed E-state index contributed by atoms with van der Waals surface area (Å²) in [6.07, 6.45) is 2.95. The van der Waals surface area contributed by atoms with Gasteiger partial charge >= 0.3 is 0 Å². The van der Waals surface area contributed by atoms with Crippen LogP contribution in [0.5, 0.6) is 0 Å². The number of nitrogens with zero attached hydrogens (tertiary/aromatic N) is 4. The van der Waals surface area contributed by atoms with Crippen LogP contribution >= 0.6 is 11.8 Å². The molecule has 0 aliphatic heterocycles. The summed E-state index contributed by atoms with van der Waals surface area (Å²) < 4.78 is 1.77. The number of nitrogen functional groups attached to an aromatic ring is 1. The van der Waals surface area contributed by atoms with Gasteiger partial charge in [-0.1, -0.05) is 11.8 Å². The third-order valence-corrected chi connectivity index (χ3v) is 4.16. The van der Waals surface area contributed by atoms with E-state index in [1.165, 1.54) is 0 Å². The topological polar surface area (TPSA) is 80.5 Å². The fraction of sp³-hybridized carbons (Fsp3) is 0.667. The lowest BCUT2D eigenvalue weighted by Gasteiger charge is -2.08. The Hall–Kier alpha value is -1.22. The minimum absolute atomic E-state index is 0.236. The van der Waals surface area contributed by atoms with Crippen LogP contribution < -0.4 is 5.73 Å². The third kappa shape index (κ3) is 2.07. The van der Waals surface area contributed by atoms with Crippen molar-refractivity contribution in [2.75, 3.05) is 11.5 Å². The number of hydrogen-bond donors (Lipinski definition) is 1. The summed E-state index contributed by atoms with van der Waals surface area (Å²) in [5.74, 6) is 1.37. The van der Waals surface area contributed by atoms with Crippen LogP contribution in [0.15, 0.2) is 5.16 Å². The Balaban J connectivity index is 1.94. The SMILES string of the molecule is Cn1c(N)nnc1SCC1(CC#N)CC1. The highest BCUT2D eigenvalue weighted by atomic mass is 32.2. The number of nitrogens with two attached hydrogens (primary N) is 1. The fourth-order valence-electron chi connectivity index (χ4n) is 1.39. The van der Waals surface area contributed by atoms with Crippen LogP contribution in [0, 0.1) is 16.7 Å². The number of aromatic nitrogens is 3. The maximum atomic E-state index is 8.69. The quantitative estimate of drug-likeness (QED) is 0.775. The first-order valence-electron chi connectivity index (χ1n) is 4.81. The molecule has 0 saturated heterocycles. The molecule has 80 valence electrons. The first-order chi connectivity index (χ1) is 7.17. The lowest BCUT2D eigenvalue weighted by Crippen LogP contribution is -2.04. The highest BCUT2D eigenvalue weighted by Gasteiger charge is 2.42. The van der Waals surface area contributed by atoms with Gasteiger partial charge in [-0.15, -0.1) is 10.2 Å². The second-order valence-corrected chi connectivity index (χ2v) is 4.97. The molecule has 5 nitrogen and oxygen atoms in total. The summed E-state index contributed by atoms with van der Waals surface area (Å²) >= 11 is 1.64. The molecule has 0 radical (unpaired) electrons. The molecule has 2 rings (SSSR count). The van der Waals surface area contributed by atoms with E-state index in [0.717, 1.165) is 23.8 Å². The second kappa shape index (κ2) is 3.74. The average Bonchev–Trinajstić information content (AvgIpc) is 2.91.